The molecule has 0 aliphatic heterocycles. The number of carbonyl (C=O) groups excluding carboxylic acids is 1. The third-order valence-electron chi connectivity index (χ3n) is 2.62. The summed E-state index contributed by atoms with van der Waals surface area (Å²) in [6.07, 6.45) is 1.02. The van der Waals surface area contributed by atoms with E-state index < -0.39 is 10.0 Å². The SMILES string of the molecule is CC(C)Sc1ccc([C@@H](C)NC(=O)CNS(C)(=O)=O)cc1. The fourth-order valence-corrected chi connectivity index (χ4v) is 2.91. The van der Waals surface area contributed by atoms with E-state index in [0.29, 0.717) is 5.25 Å². The van der Waals surface area contributed by atoms with E-state index in [4.69, 9.17) is 0 Å². The van der Waals surface area contributed by atoms with Gasteiger partial charge in [-0.3, -0.25) is 4.79 Å². The Kier molecular flexibility index (Phi) is 6.70. The van der Waals surface area contributed by atoms with Crippen LogP contribution in [0.25, 0.3) is 0 Å². The second-order valence-corrected chi connectivity index (χ2v) is 8.60. The van der Waals surface area contributed by atoms with Crippen LogP contribution in [0.3, 0.4) is 0 Å². The number of nitrogens with one attached hydrogen (secondary N) is 2. The lowest BCUT2D eigenvalue weighted by Gasteiger charge is -2.15. The van der Waals surface area contributed by atoms with Crippen LogP contribution in [0.1, 0.15) is 32.4 Å². The van der Waals surface area contributed by atoms with Crippen LogP contribution in [0.4, 0.5) is 0 Å². The Morgan fingerprint density at radius 3 is 2.24 bits per heavy atom. The van der Waals surface area contributed by atoms with Crippen LogP contribution in [0.5, 0.6) is 0 Å². The quantitative estimate of drug-likeness (QED) is 0.749. The van der Waals surface area contributed by atoms with Gasteiger partial charge in [0.2, 0.25) is 15.9 Å². The van der Waals surface area contributed by atoms with E-state index in [1.165, 1.54) is 4.90 Å². The molecule has 1 aromatic carbocycles. The van der Waals surface area contributed by atoms with Crippen molar-refractivity contribution in [2.75, 3.05) is 12.8 Å². The molecule has 0 radical (unpaired) electrons. The Balaban J connectivity index is 2.55. The Morgan fingerprint density at radius 1 is 1.19 bits per heavy atom. The molecule has 2 N–H and O–H groups in total. The standard InChI is InChI=1S/C14H22N2O3S2/c1-10(2)20-13-7-5-12(6-8-13)11(3)16-14(17)9-15-21(4,18)19/h5-8,10-11,15H,9H2,1-4H3,(H,16,17)/t11-/m1/s1. The maximum absolute atomic E-state index is 11.6. The van der Waals surface area contributed by atoms with Crippen molar-refractivity contribution in [1.29, 1.82) is 0 Å². The summed E-state index contributed by atoms with van der Waals surface area (Å²) >= 11 is 1.78. The van der Waals surface area contributed by atoms with Gasteiger partial charge in [0, 0.05) is 10.1 Å². The maximum atomic E-state index is 11.6. The number of benzene rings is 1. The van der Waals surface area contributed by atoms with E-state index in [-0.39, 0.29) is 18.5 Å². The highest BCUT2D eigenvalue weighted by Crippen LogP contribution is 2.24. The van der Waals surface area contributed by atoms with Crippen LogP contribution in [0.2, 0.25) is 0 Å². The van der Waals surface area contributed by atoms with Crippen molar-refractivity contribution in [2.45, 2.75) is 37.0 Å². The Morgan fingerprint density at radius 2 is 1.76 bits per heavy atom. The molecule has 0 unspecified atom stereocenters. The van der Waals surface area contributed by atoms with Crippen LogP contribution >= 0.6 is 11.8 Å². The van der Waals surface area contributed by atoms with Crippen molar-refractivity contribution in [2.24, 2.45) is 0 Å². The molecular formula is C14H22N2O3S2. The zero-order chi connectivity index (χ0) is 16.0. The van der Waals surface area contributed by atoms with Crippen LogP contribution < -0.4 is 10.0 Å². The highest BCUT2D eigenvalue weighted by Gasteiger charge is 2.11. The summed E-state index contributed by atoms with van der Waals surface area (Å²) in [7, 11) is -3.35. The minimum atomic E-state index is -3.35. The molecule has 0 spiro atoms. The molecule has 0 aliphatic carbocycles. The summed E-state index contributed by atoms with van der Waals surface area (Å²) < 4.78 is 24.0. The molecule has 1 amide bonds. The molecule has 0 bridgehead atoms. The average Bonchev–Trinajstić information content (AvgIpc) is 2.35. The molecule has 1 rings (SSSR count). The van der Waals surface area contributed by atoms with Crippen molar-refractivity contribution in [1.82, 2.24) is 10.0 Å². The number of thioether (sulfide) groups is 1. The van der Waals surface area contributed by atoms with Crippen molar-refractivity contribution in [3.05, 3.63) is 29.8 Å². The van der Waals surface area contributed by atoms with E-state index >= 15 is 0 Å². The lowest BCUT2D eigenvalue weighted by molar-refractivity contribution is -0.120. The van der Waals surface area contributed by atoms with E-state index in [1.807, 2.05) is 31.2 Å². The predicted octanol–water partition coefficient (Wildman–Crippen LogP) is 1.91. The summed E-state index contributed by atoms with van der Waals surface area (Å²) in [5, 5.41) is 3.28. The number of rotatable bonds is 7. The van der Waals surface area contributed by atoms with Crippen molar-refractivity contribution in [3.63, 3.8) is 0 Å². The van der Waals surface area contributed by atoms with Crippen molar-refractivity contribution < 1.29 is 13.2 Å². The highest BCUT2D eigenvalue weighted by atomic mass is 32.2. The molecule has 21 heavy (non-hydrogen) atoms. The van der Waals surface area contributed by atoms with Gasteiger partial charge in [0.1, 0.15) is 0 Å². The Bertz CT molecular complexity index is 568. The van der Waals surface area contributed by atoms with Gasteiger partial charge >= 0.3 is 0 Å². The van der Waals surface area contributed by atoms with Crippen molar-refractivity contribution >= 4 is 27.7 Å². The lowest BCUT2D eigenvalue weighted by atomic mass is 10.1. The second kappa shape index (κ2) is 7.82. The van der Waals surface area contributed by atoms with Gasteiger partial charge in [-0.25, -0.2) is 13.1 Å². The largest absolute Gasteiger partial charge is 0.348 e. The summed E-state index contributed by atoms with van der Waals surface area (Å²) in [5.41, 5.74) is 0.982. The van der Waals surface area contributed by atoms with Gasteiger partial charge in [0.05, 0.1) is 18.8 Å². The normalized spacial score (nSPS) is 13.2. The van der Waals surface area contributed by atoms with Crippen molar-refractivity contribution in [3.8, 4) is 0 Å². The fraction of sp³-hybridized carbons (Fsp3) is 0.500. The molecule has 5 nitrogen and oxygen atoms in total. The van der Waals surface area contributed by atoms with E-state index in [9.17, 15) is 13.2 Å². The van der Waals surface area contributed by atoms with Gasteiger partial charge < -0.3 is 5.32 Å². The van der Waals surface area contributed by atoms with Gasteiger partial charge in [0.15, 0.2) is 0 Å². The maximum Gasteiger partial charge on any atom is 0.235 e. The minimum absolute atomic E-state index is 0.169. The zero-order valence-electron chi connectivity index (χ0n) is 12.7. The summed E-state index contributed by atoms with van der Waals surface area (Å²) in [6, 6.07) is 7.82. The number of hydrogen-bond donors (Lipinski definition) is 2. The molecule has 1 aromatic rings. The van der Waals surface area contributed by atoms with Crippen LogP contribution in [-0.4, -0.2) is 32.4 Å². The van der Waals surface area contributed by atoms with Crippen LogP contribution in [-0.2, 0) is 14.8 Å². The van der Waals surface area contributed by atoms with E-state index in [0.717, 1.165) is 11.8 Å². The third-order valence-corrected chi connectivity index (χ3v) is 4.31. The topological polar surface area (TPSA) is 75.3 Å². The first kappa shape index (κ1) is 18.0. The van der Waals surface area contributed by atoms with E-state index in [2.05, 4.69) is 23.9 Å². The first-order chi connectivity index (χ1) is 9.67. The van der Waals surface area contributed by atoms with Gasteiger partial charge in [0.25, 0.3) is 0 Å². The molecule has 0 aliphatic rings. The predicted molar refractivity (Wildman–Crippen MR) is 86.8 cm³/mol. The Hall–Kier alpha value is -1.05. The highest BCUT2D eigenvalue weighted by molar-refractivity contribution is 7.99. The molecule has 0 saturated carbocycles. The summed E-state index contributed by atoms with van der Waals surface area (Å²) in [4.78, 5) is 12.8. The van der Waals surface area contributed by atoms with Gasteiger partial charge in [-0.2, -0.15) is 0 Å². The number of sulfonamides is 1. The summed E-state index contributed by atoms with van der Waals surface area (Å²) in [6.45, 7) is 5.89. The first-order valence-corrected chi connectivity index (χ1v) is 9.45. The molecular weight excluding hydrogens is 308 g/mol. The van der Waals surface area contributed by atoms with Gasteiger partial charge in [-0.05, 0) is 24.6 Å². The average molecular weight is 330 g/mol. The molecule has 0 heterocycles. The third kappa shape index (κ3) is 7.50. The molecule has 0 fully saturated rings. The van der Waals surface area contributed by atoms with Gasteiger partial charge in [-0.1, -0.05) is 26.0 Å². The van der Waals surface area contributed by atoms with Crippen LogP contribution in [0.15, 0.2) is 29.2 Å². The zero-order valence-corrected chi connectivity index (χ0v) is 14.3. The smallest absolute Gasteiger partial charge is 0.235 e. The first-order valence-electron chi connectivity index (χ1n) is 6.68. The molecule has 0 saturated heterocycles. The number of carbonyl (C=O) groups is 1. The van der Waals surface area contributed by atoms with Crippen LogP contribution in [0, 0.1) is 0 Å². The fourth-order valence-electron chi connectivity index (χ4n) is 1.68. The molecule has 1 atom stereocenters. The number of hydrogen-bond acceptors (Lipinski definition) is 4. The lowest BCUT2D eigenvalue weighted by Crippen LogP contribution is -2.37. The van der Waals surface area contributed by atoms with E-state index in [1.54, 1.807) is 11.8 Å². The molecule has 7 heteroatoms. The number of amides is 1. The summed E-state index contributed by atoms with van der Waals surface area (Å²) in [5.74, 6) is -0.353. The second-order valence-electron chi connectivity index (χ2n) is 5.12. The molecule has 118 valence electrons. The Labute approximate surface area is 130 Å². The minimum Gasteiger partial charge on any atom is -0.348 e. The monoisotopic (exact) mass is 330 g/mol. The van der Waals surface area contributed by atoms with Gasteiger partial charge in [-0.15, -0.1) is 11.8 Å². The molecule has 0 aromatic heterocycles.